The minimum absolute atomic E-state index is 0.142. The highest BCUT2D eigenvalue weighted by atomic mass is 16.2. The average Bonchev–Trinajstić information content (AvgIpc) is 2.50. The van der Waals surface area contributed by atoms with Crippen LogP contribution in [-0.4, -0.2) is 27.5 Å². The van der Waals surface area contributed by atoms with Crippen molar-refractivity contribution in [1.82, 2.24) is 15.1 Å². The molecule has 1 aromatic rings. The lowest BCUT2D eigenvalue weighted by atomic mass is 10.3. The van der Waals surface area contributed by atoms with Crippen molar-refractivity contribution in [2.75, 3.05) is 0 Å². The first kappa shape index (κ1) is 10.9. The van der Waals surface area contributed by atoms with Crippen LogP contribution in [-0.2, 0) is 11.3 Å². The number of nitrogens with one attached hydrogen (secondary N) is 1. The number of urea groups is 1. The van der Waals surface area contributed by atoms with Crippen LogP contribution in [0.25, 0.3) is 0 Å². The van der Waals surface area contributed by atoms with Gasteiger partial charge in [-0.25, -0.2) is 4.79 Å². The summed E-state index contributed by atoms with van der Waals surface area (Å²) in [5.74, 6) is -0.725. The van der Waals surface area contributed by atoms with Gasteiger partial charge in [-0.15, -0.1) is 0 Å². The van der Waals surface area contributed by atoms with Gasteiger partial charge in [-0.3, -0.25) is 19.6 Å². The molecule has 0 saturated heterocycles. The van der Waals surface area contributed by atoms with Crippen molar-refractivity contribution in [2.45, 2.75) is 13.5 Å². The number of carbonyl (C=O) groups excluding carboxylic acids is 3. The van der Waals surface area contributed by atoms with E-state index in [1.54, 1.807) is 0 Å². The molecule has 0 aliphatic rings. The van der Waals surface area contributed by atoms with Gasteiger partial charge in [0.05, 0.1) is 11.8 Å². The Morgan fingerprint density at radius 3 is 2.67 bits per heavy atom. The number of hydrogen-bond donors (Lipinski definition) is 2. The van der Waals surface area contributed by atoms with E-state index in [2.05, 4.69) is 5.10 Å². The molecule has 1 heterocycles. The molecule has 0 atom stereocenters. The second kappa shape index (κ2) is 4.36. The van der Waals surface area contributed by atoms with E-state index in [4.69, 9.17) is 5.73 Å². The molecule has 1 aromatic heterocycles. The standard InChI is InChI=1S/C8H10N4O3/c1-5(13)6-2-10-12(3-6)4-7(14)11-8(9)15/h2-3H,4H2,1H3,(H3,9,11,14,15). The summed E-state index contributed by atoms with van der Waals surface area (Å²) in [6.07, 6.45) is 2.77. The van der Waals surface area contributed by atoms with E-state index in [9.17, 15) is 14.4 Å². The molecular weight excluding hydrogens is 200 g/mol. The molecule has 7 heteroatoms. The number of Topliss-reactive ketones (excluding diaryl/α,β-unsaturated/α-hetero) is 1. The molecule has 1 rings (SSSR count). The predicted molar refractivity (Wildman–Crippen MR) is 50.0 cm³/mol. The summed E-state index contributed by atoms with van der Waals surface area (Å²) in [6.45, 7) is 1.24. The van der Waals surface area contributed by atoms with Crippen LogP contribution in [0.2, 0.25) is 0 Å². The normalized spacial score (nSPS) is 9.67. The Labute approximate surface area is 85.2 Å². The SMILES string of the molecule is CC(=O)c1cnn(CC(=O)NC(N)=O)c1. The number of nitrogens with zero attached hydrogens (tertiary/aromatic N) is 2. The Balaban J connectivity index is 2.61. The molecule has 0 radical (unpaired) electrons. The predicted octanol–water partition coefficient (Wildman–Crippen LogP) is -0.719. The monoisotopic (exact) mass is 210 g/mol. The molecule has 0 bridgehead atoms. The molecule has 0 fully saturated rings. The van der Waals surface area contributed by atoms with Crippen LogP contribution < -0.4 is 11.1 Å². The molecular formula is C8H10N4O3. The molecule has 0 spiro atoms. The van der Waals surface area contributed by atoms with Crippen LogP contribution in [0.5, 0.6) is 0 Å². The molecule has 80 valence electrons. The van der Waals surface area contributed by atoms with Gasteiger partial charge >= 0.3 is 6.03 Å². The number of rotatable bonds is 3. The number of hydrogen-bond acceptors (Lipinski definition) is 4. The molecule has 0 aliphatic heterocycles. The lowest BCUT2D eigenvalue weighted by Crippen LogP contribution is -2.37. The molecule has 3 N–H and O–H groups in total. The molecule has 0 aliphatic carbocycles. The van der Waals surface area contributed by atoms with Crippen molar-refractivity contribution < 1.29 is 14.4 Å². The zero-order valence-electron chi connectivity index (χ0n) is 8.06. The summed E-state index contributed by atoms with van der Waals surface area (Å²) in [6, 6.07) is -0.918. The largest absolute Gasteiger partial charge is 0.351 e. The number of imide groups is 1. The smallest absolute Gasteiger partial charge is 0.318 e. The topological polar surface area (TPSA) is 107 Å². The summed E-state index contributed by atoms with van der Waals surface area (Å²) in [5, 5.41) is 5.65. The van der Waals surface area contributed by atoms with Gasteiger partial charge in [0.2, 0.25) is 5.91 Å². The summed E-state index contributed by atoms with van der Waals surface area (Å²) in [7, 11) is 0. The van der Waals surface area contributed by atoms with Crippen LogP contribution >= 0.6 is 0 Å². The van der Waals surface area contributed by atoms with Gasteiger partial charge in [0.1, 0.15) is 6.54 Å². The highest BCUT2D eigenvalue weighted by molar-refractivity contribution is 5.94. The minimum atomic E-state index is -0.918. The summed E-state index contributed by atoms with van der Waals surface area (Å²) < 4.78 is 1.25. The van der Waals surface area contributed by atoms with Crippen molar-refractivity contribution in [3.8, 4) is 0 Å². The van der Waals surface area contributed by atoms with Crippen LogP contribution in [0, 0.1) is 0 Å². The van der Waals surface area contributed by atoms with Gasteiger partial charge in [0.15, 0.2) is 5.78 Å². The first-order chi connectivity index (χ1) is 6.99. The number of aromatic nitrogens is 2. The van der Waals surface area contributed by atoms with Gasteiger partial charge in [0.25, 0.3) is 0 Å². The van der Waals surface area contributed by atoms with Crippen LogP contribution in [0.1, 0.15) is 17.3 Å². The highest BCUT2D eigenvalue weighted by Gasteiger charge is 2.08. The van der Waals surface area contributed by atoms with E-state index in [-0.39, 0.29) is 12.3 Å². The van der Waals surface area contributed by atoms with E-state index in [0.717, 1.165) is 0 Å². The molecule has 0 aromatic carbocycles. The Morgan fingerprint density at radius 1 is 1.53 bits per heavy atom. The van der Waals surface area contributed by atoms with Crippen LogP contribution in [0.4, 0.5) is 4.79 Å². The van der Waals surface area contributed by atoms with E-state index in [0.29, 0.717) is 5.56 Å². The number of primary amides is 1. The van der Waals surface area contributed by atoms with Crippen LogP contribution in [0.3, 0.4) is 0 Å². The molecule has 0 saturated carbocycles. The summed E-state index contributed by atoms with van der Waals surface area (Å²) in [5.41, 5.74) is 5.15. The zero-order valence-corrected chi connectivity index (χ0v) is 8.06. The van der Waals surface area contributed by atoms with Crippen molar-refractivity contribution >= 4 is 17.7 Å². The lowest BCUT2D eigenvalue weighted by Gasteiger charge is -1.99. The maximum absolute atomic E-state index is 11.0. The number of amides is 3. The third-order valence-electron chi connectivity index (χ3n) is 1.61. The third kappa shape index (κ3) is 3.22. The Kier molecular flexibility index (Phi) is 3.17. The Morgan fingerprint density at radius 2 is 2.20 bits per heavy atom. The maximum Gasteiger partial charge on any atom is 0.318 e. The zero-order chi connectivity index (χ0) is 11.4. The molecule has 7 nitrogen and oxygen atoms in total. The number of ketones is 1. The summed E-state index contributed by atoms with van der Waals surface area (Å²) >= 11 is 0. The lowest BCUT2D eigenvalue weighted by molar-refractivity contribution is -0.120. The molecule has 15 heavy (non-hydrogen) atoms. The van der Waals surface area contributed by atoms with E-state index < -0.39 is 11.9 Å². The minimum Gasteiger partial charge on any atom is -0.351 e. The molecule has 0 unspecified atom stereocenters. The fourth-order valence-electron chi connectivity index (χ4n) is 0.956. The van der Waals surface area contributed by atoms with Crippen molar-refractivity contribution in [1.29, 1.82) is 0 Å². The first-order valence-corrected chi connectivity index (χ1v) is 4.11. The number of carbonyl (C=O) groups is 3. The van der Waals surface area contributed by atoms with Crippen molar-refractivity contribution in [3.63, 3.8) is 0 Å². The summed E-state index contributed by atoms with van der Waals surface area (Å²) in [4.78, 5) is 32.3. The second-order valence-electron chi connectivity index (χ2n) is 2.90. The van der Waals surface area contributed by atoms with Gasteiger partial charge in [0, 0.05) is 6.20 Å². The fraction of sp³-hybridized carbons (Fsp3) is 0.250. The second-order valence-corrected chi connectivity index (χ2v) is 2.90. The Bertz CT molecular complexity index is 410. The van der Waals surface area contributed by atoms with Gasteiger partial charge in [-0.05, 0) is 6.92 Å². The van der Waals surface area contributed by atoms with Gasteiger partial charge in [-0.2, -0.15) is 5.10 Å². The molecule has 3 amide bonds. The van der Waals surface area contributed by atoms with Crippen molar-refractivity contribution in [2.24, 2.45) is 5.73 Å². The average molecular weight is 210 g/mol. The van der Waals surface area contributed by atoms with Crippen molar-refractivity contribution in [3.05, 3.63) is 18.0 Å². The Hall–Kier alpha value is -2.18. The van der Waals surface area contributed by atoms with Gasteiger partial charge in [-0.1, -0.05) is 0 Å². The number of nitrogens with two attached hydrogens (primary N) is 1. The van der Waals surface area contributed by atoms with Crippen LogP contribution in [0.15, 0.2) is 12.4 Å². The fourth-order valence-corrected chi connectivity index (χ4v) is 0.956. The first-order valence-electron chi connectivity index (χ1n) is 4.11. The van der Waals surface area contributed by atoms with E-state index >= 15 is 0 Å². The van der Waals surface area contributed by atoms with E-state index in [1.807, 2.05) is 5.32 Å². The van der Waals surface area contributed by atoms with Gasteiger partial charge < -0.3 is 5.73 Å². The quantitative estimate of drug-likeness (QED) is 0.642. The third-order valence-corrected chi connectivity index (χ3v) is 1.61. The highest BCUT2D eigenvalue weighted by Crippen LogP contribution is 1.98. The maximum atomic E-state index is 11.0. The van der Waals surface area contributed by atoms with E-state index in [1.165, 1.54) is 24.0 Å².